The zero-order valence-electron chi connectivity index (χ0n) is 13.5. The van der Waals surface area contributed by atoms with Gasteiger partial charge in [-0.15, -0.1) is 0 Å². The van der Waals surface area contributed by atoms with Gasteiger partial charge in [0.1, 0.15) is 0 Å². The number of carboxylic acid groups (broad SMARTS) is 1. The molecule has 3 atom stereocenters. The van der Waals surface area contributed by atoms with Gasteiger partial charge in [0.05, 0.1) is 5.41 Å². The van der Waals surface area contributed by atoms with Gasteiger partial charge in [-0.25, -0.2) is 0 Å². The molecule has 1 aliphatic rings. The van der Waals surface area contributed by atoms with Crippen LogP contribution in [0.25, 0.3) is 0 Å². The lowest BCUT2D eigenvalue weighted by atomic mass is 9.71. The first-order valence-corrected chi connectivity index (χ1v) is 7.60. The maximum absolute atomic E-state index is 12.2. The molecule has 1 saturated carbocycles. The Morgan fingerprint density at radius 2 is 1.95 bits per heavy atom. The van der Waals surface area contributed by atoms with Gasteiger partial charge in [0.15, 0.2) is 0 Å². The van der Waals surface area contributed by atoms with Crippen molar-refractivity contribution in [2.75, 3.05) is 0 Å². The zero-order valence-corrected chi connectivity index (χ0v) is 13.5. The van der Waals surface area contributed by atoms with Crippen LogP contribution in [0.5, 0.6) is 0 Å². The normalized spacial score (nSPS) is 28.8. The summed E-state index contributed by atoms with van der Waals surface area (Å²) in [6.07, 6.45) is 3.77. The SMILES string of the molecule is CC(CC(=O)NC1CCCCC1(C)C(=O)O)C(C)(C)C. The van der Waals surface area contributed by atoms with E-state index in [0.717, 1.165) is 19.3 Å². The molecule has 4 heteroatoms. The fraction of sp³-hybridized carbons (Fsp3) is 0.875. The molecular formula is C16H29NO3. The van der Waals surface area contributed by atoms with E-state index in [2.05, 4.69) is 33.0 Å². The van der Waals surface area contributed by atoms with Crippen LogP contribution in [0.4, 0.5) is 0 Å². The molecule has 0 saturated heterocycles. The Morgan fingerprint density at radius 3 is 2.45 bits per heavy atom. The van der Waals surface area contributed by atoms with Crippen molar-refractivity contribution < 1.29 is 14.7 Å². The zero-order chi connectivity index (χ0) is 15.6. The van der Waals surface area contributed by atoms with Crippen LogP contribution < -0.4 is 5.32 Å². The highest BCUT2D eigenvalue weighted by atomic mass is 16.4. The number of amides is 1. The molecule has 0 radical (unpaired) electrons. The van der Waals surface area contributed by atoms with Crippen LogP contribution in [0.15, 0.2) is 0 Å². The number of rotatable bonds is 4. The number of carboxylic acids is 1. The number of carbonyl (C=O) groups excluding carboxylic acids is 1. The molecule has 116 valence electrons. The average molecular weight is 283 g/mol. The van der Waals surface area contributed by atoms with E-state index in [9.17, 15) is 14.7 Å². The third kappa shape index (κ3) is 3.97. The second kappa shape index (κ2) is 6.15. The monoisotopic (exact) mass is 283 g/mol. The van der Waals surface area contributed by atoms with E-state index in [4.69, 9.17) is 0 Å². The number of aliphatic carboxylic acids is 1. The molecule has 1 amide bonds. The fourth-order valence-corrected chi connectivity index (χ4v) is 2.66. The molecule has 0 aromatic rings. The number of carbonyl (C=O) groups is 2. The molecule has 1 rings (SSSR count). The van der Waals surface area contributed by atoms with Crippen molar-refractivity contribution >= 4 is 11.9 Å². The number of nitrogens with one attached hydrogen (secondary N) is 1. The lowest BCUT2D eigenvalue weighted by Crippen LogP contribution is -2.52. The first kappa shape index (κ1) is 17.0. The summed E-state index contributed by atoms with van der Waals surface area (Å²) in [5, 5.41) is 12.4. The predicted octanol–water partition coefficient (Wildman–Crippen LogP) is 3.21. The van der Waals surface area contributed by atoms with Gasteiger partial charge in [-0.05, 0) is 31.1 Å². The van der Waals surface area contributed by atoms with Crippen LogP contribution in [-0.2, 0) is 9.59 Å². The lowest BCUT2D eigenvalue weighted by Gasteiger charge is -2.38. The molecular weight excluding hydrogens is 254 g/mol. The Bertz CT molecular complexity index is 372. The van der Waals surface area contributed by atoms with Crippen molar-refractivity contribution in [3.8, 4) is 0 Å². The van der Waals surface area contributed by atoms with Gasteiger partial charge in [0.2, 0.25) is 5.91 Å². The minimum absolute atomic E-state index is 0.0215. The Morgan fingerprint density at radius 1 is 1.35 bits per heavy atom. The minimum atomic E-state index is -0.821. The van der Waals surface area contributed by atoms with E-state index in [1.807, 2.05) is 0 Å². The number of hydrogen-bond donors (Lipinski definition) is 2. The summed E-state index contributed by atoms with van der Waals surface area (Å²) in [7, 11) is 0. The van der Waals surface area contributed by atoms with Crippen LogP contribution in [-0.4, -0.2) is 23.0 Å². The van der Waals surface area contributed by atoms with Crippen molar-refractivity contribution in [2.45, 2.75) is 72.8 Å². The van der Waals surface area contributed by atoms with Gasteiger partial charge in [-0.1, -0.05) is 40.5 Å². The van der Waals surface area contributed by atoms with Crippen LogP contribution in [0.1, 0.15) is 66.7 Å². The molecule has 0 spiro atoms. The summed E-state index contributed by atoms with van der Waals surface area (Å²) in [5.41, 5.74) is -0.737. The van der Waals surface area contributed by atoms with Gasteiger partial charge in [0.25, 0.3) is 0 Å². The van der Waals surface area contributed by atoms with E-state index in [1.165, 1.54) is 0 Å². The quantitative estimate of drug-likeness (QED) is 0.832. The number of hydrogen-bond acceptors (Lipinski definition) is 2. The third-order valence-electron chi connectivity index (χ3n) is 5.00. The fourth-order valence-electron chi connectivity index (χ4n) is 2.66. The summed E-state index contributed by atoms with van der Waals surface area (Å²) >= 11 is 0. The van der Waals surface area contributed by atoms with Crippen molar-refractivity contribution in [1.29, 1.82) is 0 Å². The average Bonchev–Trinajstić information content (AvgIpc) is 2.30. The van der Waals surface area contributed by atoms with E-state index in [-0.39, 0.29) is 23.3 Å². The smallest absolute Gasteiger partial charge is 0.311 e. The first-order valence-electron chi connectivity index (χ1n) is 7.60. The highest BCUT2D eigenvalue weighted by Gasteiger charge is 2.43. The molecule has 1 fully saturated rings. The van der Waals surface area contributed by atoms with E-state index < -0.39 is 11.4 Å². The first-order chi connectivity index (χ1) is 9.07. The van der Waals surface area contributed by atoms with Gasteiger partial charge in [0, 0.05) is 12.5 Å². The Kier molecular flexibility index (Phi) is 5.22. The molecule has 1 aliphatic carbocycles. The van der Waals surface area contributed by atoms with E-state index >= 15 is 0 Å². The topological polar surface area (TPSA) is 66.4 Å². The maximum Gasteiger partial charge on any atom is 0.311 e. The Balaban J connectivity index is 2.66. The summed E-state index contributed by atoms with van der Waals surface area (Å²) in [4.78, 5) is 23.7. The second-order valence-electron chi connectivity index (χ2n) is 7.56. The molecule has 0 aromatic heterocycles. The summed E-state index contributed by atoms with van der Waals surface area (Å²) < 4.78 is 0. The molecule has 0 bridgehead atoms. The Labute approximate surface area is 122 Å². The summed E-state index contributed by atoms with van der Waals surface area (Å²) in [6, 6.07) is -0.242. The van der Waals surface area contributed by atoms with Gasteiger partial charge >= 0.3 is 5.97 Å². The largest absolute Gasteiger partial charge is 0.481 e. The van der Waals surface area contributed by atoms with Gasteiger partial charge in [-0.2, -0.15) is 0 Å². The van der Waals surface area contributed by atoms with Crippen molar-refractivity contribution in [1.82, 2.24) is 5.32 Å². The van der Waals surface area contributed by atoms with E-state index in [1.54, 1.807) is 6.92 Å². The van der Waals surface area contributed by atoms with E-state index in [0.29, 0.717) is 12.8 Å². The van der Waals surface area contributed by atoms with Crippen LogP contribution in [0.2, 0.25) is 0 Å². The van der Waals surface area contributed by atoms with Crippen molar-refractivity contribution in [3.63, 3.8) is 0 Å². The van der Waals surface area contributed by atoms with Gasteiger partial charge < -0.3 is 10.4 Å². The minimum Gasteiger partial charge on any atom is -0.481 e. The molecule has 0 aliphatic heterocycles. The standard InChI is InChI=1S/C16H29NO3/c1-11(15(2,3)4)10-13(18)17-12-8-6-7-9-16(12,5)14(19)20/h11-12H,6-10H2,1-5H3,(H,17,18)(H,19,20). The molecule has 3 unspecified atom stereocenters. The Hall–Kier alpha value is -1.06. The predicted molar refractivity (Wildman–Crippen MR) is 79.4 cm³/mol. The molecule has 0 heterocycles. The highest BCUT2D eigenvalue weighted by Crippen LogP contribution is 2.36. The molecule has 20 heavy (non-hydrogen) atoms. The van der Waals surface area contributed by atoms with Crippen molar-refractivity contribution in [3.05, 3.63) is 0 Å². The molecule has 4 nitrogen and oxygen atoms in total. The van der Waals surface area contributed by atoms with Crippen molar-refractivity contribution in [2.24, 2.45) is 16.7 Å². The van der Waals surface area contributed by atoms with Crippen LogP contribution >= 0.6 is 0 Å². The van der Waals surface area contributed by atoms with Crippen LogP contribution in [0.3, 0.4) is 0 Å². The molecule has 2 N–H and O–H groups in total. The lowest BCUT2D eigenvalue weighted by molar-refractivity contribution is -0.152. The second-order valence-corrected chi connectivity index (χ2v) is 7.56. The third-order valence-corrected chi connectivity index (χ3v) is 5.00. The van der Waals surface area contributed by atoms with Gasteiger partial charge in [-0.3, -0.25) is 9.59 Å². The van der Waals surface area contributed by atoms with Crippen LogP contribution in [0, 0.1) is 16.7 Å². The summed E-state index contributed by atoms with van der Waals surface area (Å²) in [5.74, 6) is -0.555. The molecule has 0 aromatic carbocycles. The maximum atomic E-state index is 12.2. The highest BCUT2D eigenvalue weighted by molar-refractivity contribution is 5.80. The summed E-state index contributed by atoms with van der Waals surface area (Å²) in [6.45, 7) is 10.2.